The molecule has 0 spiro atoms. The number of imidazole rings is 1. The summed E-state index contributed by atoms with van der Waals surface area (Å²) in [5.74, 6) is 0.140. The SMILES string of the molecule is CCCCc1ccc(Nc2nc(=O)c3ncn(C4CC(O)C(COP(=O)(O)C(=O)P(=O)(O)O)O4)c3[nH]2)cc1. The first kappa shape index (κ1) is 28.3. The van der Waals surface area contributed by atoms with Gasteiger partial charge in [0.25, 0.3) is 0 Å². The minimum Gasteiger partial charge on any atom is -0.390 e. The van der Waals surface area contributed by atoms with E-state index in [1.54, 1.807) is 0 Å². The predicted octanol–water partition coefficient (Wildman–Crippen LogP) is 2.35. The number of carbonyl (C=O) groups is 1. The number of carbonyl (C=O) groups excluding carboxylic acids is 1. The lowest BCUT2D eigenvalue weighted by Crippen LogP contribution is -2.26. The topological polar surface area (TPSA) is 226 Å². The monoisotopic (exact) mass is 571 g/mol. The van der Waals surface area contributed by atoms with Crippen molar-refractivity contribution in [1.82, 2.24) is 19.5 Å². The standard InChI is InChI=1S/C21H27N5O10P2/c1-2-3-4-12-5-7-13(8-6-12)23-20-24-18-17(19(28)25-20)22-11-26(18)16-9-14(27)15(36-16)10-35-38(33,34)21(29)37(30,31)32/h5-8,11,14-16,27H,2-4,9-10H2,1H3,(H,33,34)(H2,30,31,32)(H2,23,24,25,28). The third-order valence-corrected chi connectivity index (χ3v) is 8.92. The number of aromatic amines is 1. The third-order valence-electron chi connectivity index (χ3n) is 5.90. The Labute approximate surface area is 215 Å². The van der Waals surface area contributed by atoms with Gasteiger partial charge in [-0.25, -0.2) is 4.98 Å². The Morgan fingerprint density at radius 3 is 2.63 bits per heavy atom. The van der Waals surface area contributed by atoms with Crippen molar-refractivity contribution in [3.05, 3.63) is 46.5 Å². The van der Waals surface area contributed by atoms with E-state index in [9.17, 15) is 28.7 Å². The molecule has 0 radical (unpaired) electrons. The minimum atomic E-state index is -5.51. The molecule has 38 heavy (non-hydrogen) atoms. The van der Waals surface area contributed by atoms with Gasteiger partial charge in [0, 0.05) is 12.1 Å². The van der Waals surface area contributed by atoms with Crippen LogP contribution in [0, 0.1) is 0 Å². The Kier molecular flexibility index (Phi) is 8.31. The van der Waals surface area contributed by atoms with Crippen molar-refractivity contribution in [2.24, 2.45) is 0 Å². The molecule has 0 aliphatic carbocycles. The number of fused-ring (bicyclic) bond motifs is 1. The number of rotatable bonds is 11. The summed E-state index contributed by atoms with van der Waals surface area (Å²) in [5.41, 5.74) is 1.51. The first-order valence-electron chi connectivity index (χ1n) is 11.6. The molecule has 1 aliphatic heterocycles. The van der Waals surface area contributed by atoms with Gasteiger partial charge in [-0.15, -0.1) is 0 Å². The zero-order valence-electron chi connectivity index (χ0n) is 20.1. The van der Waals surface area contributed by atoms with Gasteiger partial charge in [0.1, 0.15) is 18.0 Å². The number of unbranched alkanes of at least 4 members (excludes halogenated alkanes) is 1. The Balaban J connectivity index is 1.49. The minimum absolute atomic E-state index is 0.00959. The number of aryl methyl sites for hydroxylation is 1. The van der Waals surface area contributed by atoms with Crippen molar-refractivity contribution in [2.75, 3.05) is 11.9 Å². The van der Waals surface area contributed by atoms with Crippen LogP contribution in [-0.2, 0) is 24.8 Å². The number of aliphatic hydroxyl groups excluding tert-OH is 1. The van der Waals surface area contributed by atoms with E-state index in [2.05, 4.69) is 31.7 Å². The lowest BCUT2D eigenvalue weighted by atomic mass is 10.1. The molecule has 1 aromatic carbocycles. The molecule has 0 saturated carbocycles. The molecule has 1 fully saturated rings. The van der Waals surface area contributed by atoms with E-state index in [1.807, 2.05) is 24.3 Å². The second-order valence-corrected chi connectivity index (χ2v) is 12.3. The van der Waals surface area contributed by atoms with Crippen LogP contribution in [0.2, 0.25) is 0 Å². The van der Waals surface area contributed by atoms with Crippen LogP contribution in [0.3, 0.4) is 0 Å². The normalized spacial score (nSPS) is 21.4. The number of hydrogen-bond donors (Lipinski definition) is 6. The van der Waals surface area contributed by atoms with Crippen LogP contribution in [0.25, 0.3) is 11.2 Å². The number of aliphatic hydroxyl groups is 1. The summed E-state index contributed by atoms with van der Waals surface area (Å²) in [7, 11) is -10.8. The van der Waals surface area contributed by atoms with E-state index in [-0.39, 0.29) is 23.5 Å². The Morgan fingerprint density at radius 1 is 1.26 bits per heavy atom. The smallest absolute Gasteiger partial charge is 0.390 e. The average molecular weight is 571 g/mol. The van der Waals surface area contributed by atoms with Gasteiger partial charge < -0.3 is 39.3 Å². The predicted molar refractivity (Wildman–Crippen MR) is 134 cm³/mol. The van der Waals surface area contributed by atoms with Crippen LogP contribution in [0.5, 0.6) is 0 Å². The van der Waals surface area contributed by atoms with Gasteiger partial charge in [-0.3, -0.25) is 23.3 Å². The van der Waals surface area contributed by atoms with Gasteiger partial charge in [0.2, 0.25) is 5.95 Å². The molecule has 206 valence electrons. The van der Waals surface area contributed by atoms with Crippen LogP contribution >= 0.6 is 15.2 Å². The van der Waals surface area contributed by atoms with Crippen LogP contribution in [0.1, 0.15) is 38.0 Å². The van der Waals surface area contributed by atoms with Crippen molar-refractivity contribution >= 4 is 43.3 Å². The van der Waals surface area contributed by atoms with Crippen LogP contribution in [0.4, 0.5) is 16.4 Å². The molecule has 3 aromatic rings. The maximum absolute atomic E-state index is 12.6. The number of aromatic nitrogens is 4. The van der Waals surface area contributed by atoms with Gasteiger partial charge in [-0.1, -0.05) is 25.5 Å². The molecule has 4 atom stereocenters. The molecule has 0 bridgehead atoms. The largest absolute Gasteiger partial charge is 0.407 e. The maximum atomic E-state index is 12.6. The fourth-order valence-corrected chi connectivity index (χ4v) is 5.87. The van der Waals surface area contributed by atoms with E-state index >= 15 is 0 Å². The van der Waals surface area contributed by atoms with Crippen molar-refractivity contribution in [2.45, 2.75) is 51.0 Å². The van der Waals surface area contributed by atoms with Gasteiger partial charge in [-0.2, -0.15) is 4.98 Å². The molecule has 1 aliphatic rings. The Bertz CT molecular complexity index is 1470. The number of H-pyrrole nitrogens is 1. The number of benzene rings is 1. The molecule has 6 N–H and O–H groups in total. The number of hydrogen-bond acceptors (Lipinski definition) is 10. The molecule has 17 heteroatoms. The number of nitrogens with one attached hydrogen (secondary N) is 2. The summed E-state index contributed by atoms with van der Waals surface area (Å²) in [6.07, 6.45) is 1.03. The molecular weight excluding hydrogens is 544 g/mol. The number of nitrogens with zero attached hydrogens (tertiary/aromatic N) is 3. The molecular formula is C21H27N5O10P2. The van der Waals surface area contributed by atoms with Gasteiger partial charge in [0.05, 0.1) is 19.0 Å². The summed E-state index contributed by atoms with van der Waals surface area (Å²) in [5, 5.41) is 11.1. The summed E-state index contributed by atoms with van der Waals surface area (Å²) in [4.78, 5) is 62.3. The number of anilines is 2. The van der Waals surface area contributed by atoms with Crippen LogP contribution in [0.15, 0.2) is 35.4 Å². The first-order chi connectivity index (χ1) is 17.9. The van der Waals surface area contributed by atoms with Crippen molar-refractivity contribution < 1.29 is 43.0 Å². The van der Waals surface area contributed by atoms with Gasteiger partial charge in [-0.05, 0) is 30.5 Å². The number of ether oxygens (including phenoxy) is 1. The summed E-state index contributed by atoms with van der Waals surface area (Å²) in [6, 6.07) is 7.69. The highest BCUT2D eigenvalue weighted by Gasteiger charge is 2.46. The molecule has 15 nitrogen and oxygen atoms in total. The highest BCUT2D eigenvalue weighted by molar-refractivity contribution is 7.97. The van der Waals surface area contributed by atoms with Crippen LogP contribution in [-0.4, -0.2) is 63.4 Å². The van der Waals surface area contributed by atoms with Gasteiger partial charge >= 0.3 is 26.0 Å². The molecule has 4 rings (SSSR count). The zero-order valence-corrected chi connectivity index (χ0v) is 21.9. The first-order valence-corrected chi connectivity index (χ1v) is 14.8. The van der Waals surface area contributed by atoms with E-state index < -0.39 is 51.1 Å². The summed E-state index contributed by atoms with van der Waals surface area (Å²) >= 11 is 0. The quantitative estimate of drug-likeness (QED) is 0.182. The Morgan fingerprint density at radius 2 is 1.97 bits per heavy atom. The van der Waals surface area contributed by atoms with E-state index in [1.165, 1.54) is 16.5 Å². The maximum Gasteiger partial charge on any atom is 0.407 e. The van der Waals surface area contributed by atoms with E-state index in [4.69, 9.17) is 14.5 Å². The zero-order chi connectivity index (χ0) is 27.7. The lowest BCUT2D eigenvalue weighted by molar-refractivity contribution is -0.0391. The van der Waals surface area contributed by atoms with E-state index in [0.717, 1.165) is 19.3 Å². The van der Waals surface area contributed by atoms with Crippen molar-refractivity contribution in [3.63, 3.8) is 0 Å². The van der Waals surface area contributed by atoms with Crippen molar-refractivity contribution in [1.29, 1.82) is 0 Å². The highest BCUT2D eigenvalue weighted by Crippen LogP contribution is 2.58. The Hall–Kier alpha value is -2.74. The summed E-state index contributed by atoms with van der Waals surface area (Å²) in [6.45, 7) is 1.32. The second-order valence-electron chi connectivity index (χ2n) is 8.74. The van der Waals surface area contributed by atoms with E-state index in [0.29, 0.717) is 5.69 Å². The molecule has 3 heterocycles. The summed E-state index contributed by atoms with van der Waals surface area (Å²) < 4.78 is 34.5. The molecule has 0 amide bonds. The average Bonchev–Trinajstić information content (AvgIpc) is 3.44. The molecule has 1 saturated heterocycles. The third kappa shape index (κ3) is 6.28. The van der Waals surface area contributed by atoms with Crippen LogP contribution < -0.4 is 10.9 Å². The van der Waals surface area contributed by atoms with Crippen molar-refractivity contribution in [3.8, 4) is 0 Å². The lowest BCUT2D eigenvalue weighted by Gasteiger charge is -2.18. The fraction of sp³-hybridized carbons (Fsp3) is 0.429. The fourth-order valence-electron chi connectivity index (χ4n) is 3.92. The molecule has 2 aromatic heterocycles. The highest BCUT2D eigenvalue weighted by atomic mass is 31.2. The second kappa shape index (κ2) is 11.2. The molecule has 4 unspecified atom stereocenters. The van der Waals surface area contributed by atoms with Gasteiger partial charge in [0.15, 0.2) is 5.52 Å².